The highest BCUT2D eigenvalue weighted by atomic mass is 32.1. The van der Waals surface area contributed by atoms with E-state index in [1.807, 2.05) is 0 Å². The molecule has 2 aromatic rings. The Morgan fingerprint density at radius 3 is 2.92 bits per heavy atom. The van der Waals surface area contributed by atoms with Gasteiger partial charge in [0.15, 0.2) is 0 Å². The Labute approximate surface area is 142 Å². The molecule has 128 valence electrons. The second kappa shape index (κ2) is 5.67. The fourth-order valence-electron chi connectivity index (χ4n) is 3.47. The van der Waals surface area contributed by atoms with E-state index in [1.54, 1.807) is 12.4 Å². The molecule has 0 radical (unpaired) electrons. The Morgan fingerprint density at radius 1 is 1.46 bits per heavy atom. The van der Waals surface area contributed by atoms with Gasteiger partial charge in [-0.2, -0.15) is 0 Å². The molecule has 1 aromatic carbocycles. The summed E-state index contributed by atoms with van der Waals surface area (Å²) in [6, 6.07) is 2.88. The highest BCUT2D eigenvalue weighted by molar-refractivity contribution is 7.16. The predicted octanol–water partition coefficient (Wildman–Crippen LogP) is 2.62. The lowest BCUT2D eigenvalue weighted by molar-refractivity contribution is -0.134. The first-order valence-corrected chi connectivity index (χ1v) is 9.00. The van der Waals surface area contributed by atoms with Gasteiger partial charge in [0.25, 0.3) is 0 Å². The monoisotopic (exact) mass is 350 g/mol. The van der Waals surface area contributed by atoms with Gasteiger partial charge >= 0.3 is 0 Å². The number of aromatic nitrogens is 1. The molecule has 24 heavy (non-hydrogen) atoms. The van der Waals surface area contributed by atoms with E-state index in [0.29, 0.717) is 36.9 Å². The molecule has 2 fully saturated rings. The van der Waals surface area contributed by atoms with Crippen LogP contribution in [0.1, 0.15) is 32.6 Å². The normalized spacial score (nSPS) is 32.0. The molecule has 0 aliphatic heterocycles. The van der Waals surface area contributed by atoms with Crippen molar-refractivity contribution in [2.45, 2.75) is 50.4 Å². The van der Waals surface area contributed by atoms with Crippen LogP contribution in [-0.2, 0) is 4.79 Å². The highest BCUT2D eigenvalue weighted by Crippen LogP contribution is 2.37. The molecule has 4 rings (SSSR count). The molecule has 2 aliphatic rings. The number of fused-ring (bicyclic) bond motifs is 1. The SMILES string of the molecule is CC1(O)CC(NC(=O)C2CC(Oc3cc(F)cc4scnc34)C2)C1. The number of nitrogens with zero attached hydrogens (tertiary/aromatic N) is 1. The fourth-order valence-corrected chi connectivity index (χ4v) is 4.19. The van der Waals surface area contributed by atoms with E-state index in [2.05, 4.69) is 10.3 Å². The largest absolute Gasteiger partial charge is 0.488 e. The third kappa shape index (κ3) is 2.98. The molecular weight excluding hydrogens is 331 g/mol. The lowest BCUT2D eigenvalue weighted by Gasteiger charge is -2.43. The number of hydrogen-bond donors (Lipinski definition) is 2. The van der Waals surface area contributed by atoms with Crippen molar-refractivity contribution in [1.29, 1.82) is 0 Å². The minimum Gasteiger partial charge on any atom is -0.488 e. The van der Waals surface area contributed by atoms with E-state index < -0.39 is 5.60 Å². The number of hydrogen-bond acceptors (Lipinski definition) is 5. The molecule has 2 aliphatic carbocycles. The number of nitrogens with one attached hydrogen (secondary N) is 1. The van der Waals surface area contributed by atoms with Crippen molar-refractivity contribution in [2.24, 2.45) is 5.92 Å². The number of benzene rings is 1. The zero-order valence-corrected chi connectivity index (χ0v) is 14.1. The Kier molecular flexibility index (Phi) is 3.73. The van der Waals surface area contributed by atoms with Gasteiger partial charge in [0.2, 0.25) is 5.91 Å². The van der Waals surface area contributed by atoms with Crippen LogP contribution in [0.5, 0.6) is 5.75 Å². The average Bonchev–Trinajstić information content (AvgIpc) is 2.87. The van der Waals surface area contributed by atoms with E-state index in [9.17, 15) is 14.3 Å². The van der Waals surface area contributed by atoms with Crippen molar-refractivity contribution in [2.75, 3.05) is 0 Å². The second-order valence-electron chi connectivity index (χ2n) is 7.12. The smallest absolute Gasteiger partial charge is 0.223 e. The molecule has 7 heteroatoms. The summed E-state index contributed by atoms with van der Waals surface area (Å²) in [6.45, 7) is 1.78. The average molecular weight is 350 g/mol. The highest BCUT2D eigenvalue weighted by Gasteiger charge is 2.42. The van der Waals surface area contributed by atoms with Gasteiger partial charge in [-0.05, 0) is 38.7 Å². The topological polar surface area (TPSA) is 71.5 Å². The van der Waals surface area contributed by atoms with Gasteiger partial charge in [-0.3, -0.25) is 4.79 Å². The number of rotatable bonds is 4. The third-order valence-corrected chi connectivity index (χ3v) is 5.62. The summed E-state index contributed by atoms with van der Waals surface area (Å²) in [5.41, 5.74) is 1.70. The van der Waals surface area contributed by atoms with Crippen LogP contribution >= 0.6 is 11.3 Å². The van der Waals surface area contributed by atoms with Crippen molar-refractivity contribution in [3.8, 4) is 5.75 Å². The molecule has 0 bridgehead atoms. The summed E-state index contributed by atoms with van der Waals surface area (Å²) in [6.07, 6.45) is 2.37. The Bertz CT molecular complexity index is 777. The van der Waals surface area contributed by atoms with Crippen LogP contribution in [0.15, 0.2) is 17.6 Å². The predicted molar refractivity (Wildman–Crippen MR) is 88.5 cm³/mol. The summed E-state index contributed by atoms with van der Waals surface area (Å²) in [5.74, 6) is 0.0611. The van der Waals surface area contributed by atoms with Crippen molar-refractivity contribution in [1.82, 2.24) is 10.3 Å². The molecule has 5 nitrogen and oxygen atoms in total. The van der Waals surface area contributed by atoms with E-state index >= 15 is 0 Å². The van der Waals surface area contributed by atoms with E-state index in [-0.39, 0.29) is 29.8 Å². The lowest BCUT2D eigenvalue weighted by atomic mass is 9.76. The van der Waals surface area contributed by atoms with Crippen LogP contribution in [0.4, 0.5) is 4.39 Å². The van der Waals surface area contributed by atoms with Crippen molar-refractivity contribution in [3.63, 3.8) is 0 Å². The van der Waals surface area contributed by atoms with Crippen LogP contribution < -0.4 is 10.1 Å². The zero-order valence-electron chi connectivity index (χ0n) is 13.3. The second-order valence-corrected chi connectivity index (χ2v) is 8.01. The molecule has 0 atom stereocenters. The van der Waals surface area contributed by atoms with Gasteiger partial charge in [0, 0.05) is 18.0 Å². The maximum absolute atomic E-state index is 13.6. The van der Waals surface area contributed by atoms with E-state index in [4.69, 9.17) is 4.74 Å². The molecule has 0 saturated heterocycles. The summed E-state index contributed by atoms with van der Waals surface area (Å²) < 4.78 is 20.2. The zero-order chi connectivity index (χ0) is 16.9. The standard InChI is InChI=1S/C17H19FN2O3S/c1-17(22)6-11(7-17)20-16(21)9-2-12(3-9)23-13-4-10(18)5-14-15(13)19-8-24-14/h4-5,8-9,11-12,22H,2-3,6-7H2,1H3,(H,20,21). The van der Waals surface area contributed by atoms with Crippen LogP contribution in [0, 0.1) is 11.7 Å². The van der Waals surface area contributed by atoms with Gasteiger partial charge in [0.05, 0.1) is 15.8 Å². The summed E-state index contributed by atoms with van der Waals surface area (Å²) >= 11 is 1.37. The summed E-state index contributed by atoms with van der Waals surface area (Å²) in [7, 11) is 0. The van der Waals surface area contributed by atoms with Crippen molar-refractivity contribution in [3.05, 3.63) is 23.5 Å². The number of amides is 1. The van der Waals surface area contributed by atoms with E-state index in [1.165, 1.54) is 23.5 Å². The summed E-state index contributed by atoms with van der Waals surface area (Å²) in [4.78, 5) is 16.4. The first-order chi connectivity index (χ1) is 11.4. The molecule has 0 unspecified atom stereocenters. The maximum Gasteiger partial charge on any atom is 0.223 e. The quantitative estimate of drug-likeness (QED) is 0.889. The Hall–Kier alpha value is -1.73. The van der Waals surface area contributed by atoms with Crippen molar-refractivity contribution < 1.29 is 19.0 Å². The lowest BCUT2D eigenvalue weighted by Crippen LogP contribution is -2.56. The minimum absolute atomic E-state index is 0.0217. The Morgan fingerprint density at radius 2 is 2.21 bits per heavy atom. The molecule has 0 spiro atoms. The molecule has 1 amide bonds. The van der Waals surface area contributed by atoms with Crippen LogP contribution in [-0.4, -0.2) is 33.7 Å². The summed E-state index contributed by atoms with van der Waals surface area (Å²) in [5, 5.41) is 12.7. The number of ether oxygens (including phenoxy) is 1. The number of carbonyl (C=O) groups excluding carboxylic acids is 1. The van der Waals surface area contributed by atoms with Crippen LogP contribution in [0.2, 0.25) is 0 Å². The van der Waals surface area contributed by atoms with Crippen molar-refractivity contribution >= 4 is 27.5 Å². The maximum atomic E-state index is 13.6. The molecule has 2 N–H and O–H groups in total. The van der Waals surface area contributed by atoms with Crippen LogP contribution in [0.3, 0.4) is 0 Å². The first-order valence-electron chi connectivity index (χ1n) is 8.12. The fraction of sp³-hybridized carbons (Fsp3) is 0.529. The van der Waals surface area contributed by atoms with Gasteiger partial charge in [0.1, 0.15) is 23.2 Å². The van der Waals surface area contributed by atoms with Gasteiger partial charge in [-0.15, -0.1) is 11.3 Å². The van der Waals surface area contributed by atoms with Gasteiger partial charge in [-0.25, -0.2) is 9.37 Å². The molecule has 2 saturated carbocycles. The van der Waals surface area contributed by atoms with E-state index in [0.717, 1.165) is 4.70 Å². The third-order valence-electron chi connectivity index (χ3n) is 4.84. The number of carbonyl (C=O) groups is 1. The Balaban J connectivity index is 1.31. The van der Waals surface area contributed by atoms with Gasteiger partial charge in [-0.1, -0.05) is 0 Å². The molecule has 1 aromatic heterocycles. The number of aliphatic hydroxyl groups is 1. The van der Waals surface area contributed by atoms with Crippen LogP contribution in [0.25, 0.3) is 10.2 Å². The first kappa shape index (κ1) is 15.8. The molecule has 1 heterocycles. The molecular formula is C17H19FN2O3S. The number of thiazole rings is 1. The minimum atomic E-state index is -0.639. The number of halogens is 1. The van der Waals surface area contributed by atoms with Gasteiger partial charge < -0.3 is 15.2 Å².